The van der Waals surface area contributed by atoms with Crippen LogP contribution >= 0.6 is 0 Å². The van der Waals surface area contributed by atoms with Crippen LogP contribution in [0.5, 0.6) is 0 Å². The van der Waals surface area contributed by atoms with Crippen molar-refractivity contribution in [2.24, 2.45) is 5.92 Å². The minimum absolute atomic E-state index is 0.228. The fourth-order valence-corrected chi connectivity index (χ4v) is 11.6. The van der Waals surface area contributed by atoms with Crippen LogP contribution in [0.25, 0.3) is 39.0 Å². The molecule has 0 saturated heterocycles. The zero-order chi connectivity index (χ0) is 39.4. The molecule has 280 valence electrons. The van der Waals surface area contributed by atoms with Gasteiger partial charge >= 0.3 is 0 Å². The van der Waals surface area contributed by atoms with Crippen molar-refractivity contribution < 1.29 is 0 Å². The predicted octanol–water partition coefficient (Wildman–Crippen LogP) is 14.6. The molecule has 58 heavy (non-hydrogen) atoms. The second-order valence-corrected chi connectivity index (χ2v) is 16.4. The fourth-order valence-electron chi connectivity index (χ4n) is 11.6. The third-order valence-electron chi connectivity index (χ3n) is 13.9. The van der Waals surface area contributed by atoms with Crippen molar-refractivity contribution in [1.29, 1.82) is 0 Å². The monoisotopic (exact) mass is 744 g/mol. The standard InChI is InChI=1S/C58H48/c1-5-8-22-44(7-3)57(45-23-11-10-12-24-45)53-30-17-15-27-48(53)50-37-42(33-35-55(50)57)40-20-19-21-41(36-40)43-32-34-49-47-26-14-18-31-54(47)58(56(49)38-43)51(28-9-6-2)39(4)46-25-13-16-29-52(46)58/h2,5,7-8,10-16,18-27,31-38,52H,1,9,17,28-30H2,3-4H3/b22-8-,44-7+. The van der Waals surface area contributed by atoms with Gasteiger partial charge in [0, 0.05) is 12.3 Å². The van der Waals surface area contributed by atoms with E-state index in [1.807, 2.05) is 6.08 Å². The second-order valence-electron chi connectivity index (χ2n) is 16.4. The first-order chi connectivity index (χ1) is 28.6. The number of fused-ring (bicyclic) bond motifs is 9. The van der Waals surface area contributed by atoms with E-state index in [0.717, 1.165) is 32.1 Å². The molecule has 0 radical (unpaired) electrons. The summed E-state index contributed by atoms with van der Waals surface area (Å²) in [6.07, 6.45) is 30.9. The SMILES string of the molecule is C#CCCC1=C(C)C2=CC=CCC2C12c1ccccc1-c1ccc(-c3cccc(-c4ccc5c(c4)C4=C(CCC=C4)C5(C(/C=C\C=C)=C/C)c4ccccc4)c3)cc12. The van der Waals surface area contributed by atoms with E-state index in [0.29, 0.717) is 5.92 Å². The molecule has 3 unspecified atom stereocenters. The van der Waals surface area contributed by atoms with Gasteiger partial charge < -0.3 is 0 Å². The normalized spacial score (nSPS) is 22.5. The van der Waals surface area contributed by atoms with Crippen LogP contribution in [0.3, 0.4) is 0 Å². The van der Waals surface area contributed by atoms with E-state index in [-0.39, 0.29) is 10.8 Å². The summed E-state index contributed by atoms with van der Waals surface area (Å²) in [6.45, 7) is 8.53. The van der Waals surface area contributed by atoms with E-state index in [1.54, 1.807) is 0 Å². The van der Waals surface area contributed by atoms with Gasteiger partial charge in [-0.2, -0.15) is 0 Å². The third kappa shape index (κ3) is 5.03. The smallest absolute Gasteiger partial charge is 0.0673 e. The molecule has 0 amide bonds. The minimum Gasteiger partial charge on any atom is -0.120 e. The lowest BCUT2D eigenvalue weighted by Gasteiger charge is -2.38. The number of benzene rings is 5. The first-order valence-corrected chi connectivity index (χ1v) is 21.0. The largest absolute Gasteiger partial charge is 0.120 e. The summed E-state index contributed by atoms with van der Waals surface area (Å²) in [5.41, 5.74) is 22.5. The Kier molecular flexibility index (Phi) is 8.80. The first kappa shape index (κ1) is 36.0. The van der Waals surface area contributed by atoms with Gasteiger partial charge in [0.05, 0.1) is 10.8 Å². The Labute approximate surface area is 344 Å². The van der Waals surface area contributed by atoms with E-state index < -0.39 is 0 Å². The molecule has 5 aromatic rings. The van der Waals surface area contributed by atoms with Gasteiger partial charge in [0.15, 0.2) is 0 Å². The molecule has 10 rings (SSSR count). The van der Waals surface area contributed by atoms with Crippen LogP contribution in [0.4, 0.5) is 0 Å². The molecule has 0 nitrogen and oxygen atoms in total. The van der Waals surface area contributed by atoms with Crippen LogP contribution in [-0.2, 0) is 10.8 Å². The summed E-state index contributed by atoms with van der Waals surface area (Å²) in [6, 6.07) is 43.9. The quantitative estimate of drug-likeness (QED) is 0.110. The number of rotatable bonds is 8. The third-order valence-corrected chi connectivity index (χ3v) is 13.9. The van der Waals surface area contributed by atoms with E-state index >= 15 is 0 Å². The molecule has 0 saturated carbocycles. The summed E-state index contributed by atoms with van der Waals surface area (Å²) < 4.78 is 0. The second kappa shape index (κ2) is 14.2. The summed E-state index contributed by atoms with van der Waals surface area (Å²) in [5, 5.41) is 0. The van der Waals surface area contributed by atoms with Crippen LogP contribution < -0.4 is 0 Å². The Balaban J connectivity index is 1.11. The molecule has 0 aromatic heterocycles. The van der Waals surface area contributed by atoms with Crippen molar-refractivity contribution >= 4 is 5.57 Å². The van der Waals surface area contributed by atoms with Crippen LogP contribution in [0, 0.1) is 18.3 Å². The average Bonchev–Trinajstić information content (AvgIpc) is 3.85. The molecule has 0 N–H and O–H groups in total. The van der Waals surface area contributed by atoms with Crippen molar-refractivity contribution in [3.05, 3.63) is 232 Å². The van der Waals surface area contributed by atoms with Crippen LogP contribution in [0.1, 0.15) is 73.8 Å². The molecular formula is C58H48. The van der Waals surface area contributed by atoms with Gasteiger partial charge in [0.2, 0.25) is 0 Å². The van der Waals surface area contributed by atoms with Gasteiger partial charge in [-0.1, -0.05) is 164 Å². The first-order valence-electron chi connectivity index (χ1n) is 21.0. The molecule has 1 spiro atoms. The van der Waals surface area contributed by atoms with E-state index in [9.17, 15) is 0 Å². The summed E-state index contributed by atoms with van der Waals surface area (Å²) in [7, 11) is 0. The predicted molar refractivity (Wildman–Crippen MR) is 245 cm³/mol. The van der Waals surface area contributed by atoms with Crippen LogP contribution in [0.15, 0.2) is 204 Å². The lowest BCUT2D eigenvalue weighted by atomic mass is 9.63. The molecule has 5 aromatic carbocycles. The Morgan fingerprint density at radius 2 is 1.55 bits per heavy atom. The summed E-state index contributed by atoms with van der Waals surface area (Å²) >= 11 is 0. The minimum atomic E-state index is -0.363. The van der Waals surface area contributed by atoms with Gasteiger partial charge in [-0.25, -0.2) is 0 Å². The number of allylic oxidation sites excluding steroid dienone is 15. The lowest BCUT2D eigenvalue weighted by Crippen LogP contribution is -2.34. The summed E-state index contributed by atoms with van der Waals surface area (Å²) in [4.78, 5) is 0. The zero-order valence-corrected chi connectivity index (χ0v) is 33.6. The zero-order valence-electron chi connectivity index (χ0n) is 33.6. The van der Waals surface area contributed by atoms with Gasteiger partial charge in [0.1, 0.15) is 0 Å². The van der Waals surface area contributed by atoms with E-state index in [1.165, 1.54) is 94.6 Å². The number of terminal acetylenes is 1. The average molecular weight is 745 g/mol. The van der Waals surface area contributed by atoms with Gasteiger partial charge in [-0.15, -0.1) is 12.3 Å². The Morgan fingerprint density at radius 1 is 0.793 bits per heavy atom. The Bertz CT molecular complexity index is 2800. The van der Waals surface area contributed by atoms with Crippen molar-refractivity contribution in [3.8, 4) is 45.7 Å². The summed E-state index contributed by atoms with van der Waals surface area (Å²) in [5.74, 6) is 3.34. The fraction of sp³-hybridized carbons (Fsp3) is 0.172. The molecule has 3 atom stereocenters. The van der Waals surface area contributed by atoms with Crippen molar-refractivity contribution in [1.82, 2.24) is 0 Å². The molecule has 5 aliphatic rings. The maximum absolute atomic E-state index is 5.96. The maximum Gasteiger partial charge on any atom is 0.0673 e. The molecule has 5 aliphatic carbocycles. The lowest BCUT2D eigenvalue weighted by molar-refractivity contribution is 0.448. The molecular weight excluding hydrogens is 697 g/mol. The van der Waals surface area contributed by atoms with Crippen molar-refractivity contribution in [2.45, 2.75) is 56.8 Å². The Hall–Kier alpha value is -6.42. The highest BCUT2D eigenvalue weighted by Gasteiger charge is 2.56. The number of hydrogen-bond donors (Lipinski definition) is 0. The van der Waals surface area contributed by atoms with Crippen molar-refractivity contribution in [2.75, 3.05) is 0 Å². The Morgan fingerprint density at radius 3 is 2.36 bits per heavy atom. The highest BCUT2D eigenvalue weighted by molar-refractivity contribution is 5.93. The van der Waals surface area contributed by atoms with Crippen LogP contribution in [0.2, 0.25) is 0 Å². The molecule has 0 heterocycles. The maximum atomic E-state index is 5.96. The highest BCUT2D eigenvalue weighted by atomic mass is 14.6. The van der Waals surface area contributed by atoms with E-state index in [2.05, 4.69) is 190 Å². The molecule has 0 aliphatic heterocycles. The van der Waals surface area contributed by atoms with Gasteiger partial charge in [-0.3, -0.25) is 0 Å². The molecule has 0 bridgehead atoms. The number of hydrogen-bond acceptors (Lipinski definition) is 0. The molecule has 0 fully saturated rings. The topological polar surface area (TPSA) is 0 Å². The van der Waals surface area contributed by atoms with Gasteiger partial charge in [0.25, 0.3) is 0 Å². The van der Waals surface area contributed by atoms with Crippen LogP contribution in [-0.4, -0.2) is 0 Å². The van der Waals surface area contributed by atoms with E-state index in [4.69, 9.17) is 6.42 Å². The van der Waals surface area contributed by atoms with Crippen molar-refractivity contribution in [3.63, 3.8) is 0 Å². The molecule has 0 heteroatoms. The van der Waals surface area contributed by atoms with Gasteiger partial charge in [-0.05, 0) is 147 Å². The highest BCUT2D eigenvalue weighted by Crippen LogP contribution is 2.65.